The Kier molecular flexibility index (Phi) is 3.71. The standard InChI is InChI=1S/C15H18BrN3/c1-19-15(12-7-9-17-10-8-12)13(16)14(18-19)11-5-3-2-4-6-11/h2-6,12,17H,7-10H2,1H3. The molecule has 1 aromatic carbocycles. The largest absolute Gasteiger partial charge is 0.317 e. The zero-order chi connectivity index (χ0) is 13.2. The first kappa shape index (κ1) is 12.9. The second-order valence-corrected chi connectivity index (χ2v) is 5.85. The van der Waals surface area contributed by atoms with Gasteiger partial charge in [0, 0.05) is 18.5 Å². The van der Waals surface area contributed by atoms with Crippen molar-refractivity contribution in [1.82, 2.24) is 15.1 Å². The van der Waals surface area contributed by atoms with Gasteiger partial charge in [0.1, 0.15) is 5.69 Å². The molecule has 3 nitrogen and oxygen atoms in total. The maximum atomic E-state index is 4.70. The first-order valence-electron chi connectivity index (χ1n) is 6.76. The van der Waals surface area contributed by atoms with Gasteiger partial charge in [-0.05, 0) is 41.9 Å². The molecule has 4 heteroatoms. The van der Waals surface area contributed by atoms with Crippen molar-refractivity contribution >= 4 is 15.9 Å². The van der Waals surface area contributed by atoms with Gasteiger partial charge in [0.2, 0.25) is 0 Å². The van der Waals surface area contributed by atoms with Crippen molar-refractivity contribution in [2.45, 2.75) is 18.8 Å². The molecule has 0 atom stereocenters. The van der Waals surface area contributed by atoms with Crippen molar-refractivity contribution in [1.29, 1.82) is 0 Å². The Morgan fingerprint density at radius 1 is 1.21 bits per heavy atom. The van der Waals surface area contributed by atoms with Crippen LogP contribution in [0.15, 0.2) is 34.8 Å². The zero-order valence-corrected chi connectivity index (χ0v) is 12.7. The van der Waals surface area contributed by atoms with Gasteiger partial charge in [-0.2, -0.15) is 5.10 Å². The number of piperidine rings is 1. The van der Waals surface area contributed by atoms with Crippen LogP contribution in [0.5, 0.6) is 0 Å². The van der Waals surface area contributed by atoms with E-state index in [-0.39, 0.29) is 0 Å². The number of benzene rings is 1. The van der Waals surface area contributed by atoms with E-state index < -0.39 is 0 Å². The molecule has 0 aliphatic carbocycles. The third-order valence-electron chi connectivity index (χ3n) is 3.80. The summed E-state index contributed by atoms with van der Waals surface area (Å²) in [5.74, 6) is 0.602. The molecule has 0 unspecified atom stereocenters. The molecule has 0 amide bonds. The molecule has 2 aromatic rings. The van der Waals surface area contributed by atoms with E-state index in [4.69, 9.17) is 5.10 Å². The highest BCUT2D eigenvalue weighted by atomic mass is 79.9. The highest BCUT2D eigenvalue weighted by molar-refractivity contribution is 9.10. The summed E-state index contributed by atoms with van der Waals surface area (Å²) in [6.45, 7) is 2.20. The highest BCUT2D eigenvalue weighted by Gasteiger charge is 2.24. The van der Waals surface area contributed by atoms with Gasteiger partial charge in [0.05, 0.1) is 10.2 Å². The minimum Gasteiger partial charge on any atom is -0.317 e. The van der Waals surface area contributed by atoms with Gasteiger partial charge in [-0.15, -0.1) is 0 Å². The predicted molar refractivity (Wildman–Crippen MR) is 81.2 cm³/mol. The second kappa shape index (κ2) is 5.47. The highest BCUT2D eigenvalue weighted by Crippen LogP contribution is 2.37. The van der Waals surface area contributed by atoms with Crippen molar-refractivity contribution in [3.63, 3.8) is 0 Å². The smallest absolute Gasteiger partial charge is 0.107 e. The molecule has 2 heterocycles. The summed E-state index contributed by atoms with van der Waals surface area (Å²) in [7, 11) is 2.05. The van der Waals surface area contributed by atoms with Crippen molar-refractivity contribution in [2.24, 2.45) is 7.05 Å². The molecule has 1 fully saturated rings. The molecular formula is C15H18BrN3. The van der Waals surface area contributed by atoms with Gasteiger partial charge in [0.25, 0.3) is 0 Å². The topological polar surface area (TPSA) is 29.9 Å². The van der Waals surface area contributed by atoms with Crippen LogP contribution in [0.3, 0.4) is 0 Å². The van der Waals surface area contributed by atoms with E-state index in [0.29, 0.717) is 5.92 Å². The molecule has 1 saturated heterocycles. The quantitative estimate of drug-likeness (QED) is 0.920. The van der Waals surface area contributed by atoms with E-state index >= 15 is 0 Å². The van der Waals surface area contributed by atoms with Gasteiger partial charge < -0.3 is 5.32 Å². The maximum absolute atomic E-state index is 4.70. The van der Waals surface area contributed by atoms with Crippen LogP contribution in [-0.2, 0) is 7.05 Å². The van der Waals surface area contributed by atoms with Crippen molar-refractivity contribution in [2.75, 3.05) is 13.1 Å². The van der Waals surface area contributed by atoms with E-state index in [1.165, 1.54) is 24.1 Å². The van der Waals surface area contributed by atoms with Crippen LogP contribution in [0.2, 0.25) is 0 Å². The fourth-order valence-electron chi connectivity index (χ4n) is 2.83. The average Bonchev–Trinajstić information content (AvgIpc) is 2.76. The minimum atomic E-state index is 0.602. The third kappa shape index (κ3) is 2.47. The van der Waals surface area contributed by atoms with E-state index in [9.17, 15) is 0 Å². The van der Waals surface area contributed by atoms with Gasteiger partial charge in [-0.3, -0.25) is 4.68 Å². The molecule has 3 rings (SSSR count). The summed E-state index contributed by atoms with van der Waals surface area (Å²) in [6, 6.07) is 10.4. The molecule has 0 saturated carbocycles. The fourth-order valence-corrected chi connectivity index (χ4v) is 3.72. The molecular weight excluding hydrogens is 302 g/mol. The fraction of sp³-hybridized carbons (Fsp3) is 0.400. The zero-order valence-electron chi connectivity index (χ0n) is 11.1. The lowest BCUT2D eigenvalue weighted by Crippen LogP contribution is -2.27. The number of nitrogens with zero attached hydrogens (tertiary/aromatic N) is 2. The maximum Gasteiger partial charge on any atom is 0.107 e. The molecule has 1 aliphatic rings. The Labute approximate surface area is 122 Å². The van der Waals surface area contributed by atoms with E-state index in [1.807, 2.05) is 10.7 Å². The first-order chi connectivity index (χ1) is 9.27. The monoisotopic (exact) mass is 319 g/mol. The Morgan fingerprint density at radius 3 is 2.58 bits per heavy atom. The number of rotatable bonds is 2. The number of aryl methyl sites for hydroxylation is 1. The van der Waals surface area contributed by atoms with Crippen LogP contribution >= 0.6 is 15.9 Å². The lowest BCUT2D eigenvalue weighted by atomic mass is 9.94. The van der Waals surface area contributed by atoms with E-state index in [1.54, 1.807) is 0 Å². The lowest BCUT2D eigenvalue weighted by molar-refractivity contribution is 0.439. The average molecular weight is 320 g/mol. The van der Waals surface area contributed by atoms with Crippen LogP contribution in [0, 0.1) is 0 Å². The van der Waals surface area contributed by atoms with Crippen LogP contribution in [-0.4, -0.2) is 22.9 Å². The SMILES string of the molecule is Cn1nc(-c2ccccc2)c(Br)c1C1CCNCC1. The number of hydrogen-bond donors (Lipinski definition) is 1. The second-order valence-electron chi connectivity index (χ2n) is 5.06. The van der Waals surface area contributed by atoms with Gasteiger partial charge in [-0.25, -0.2) is 0 Å². The Hall–Kier alpha value is -1.13. The summed E-state index contributed by atoms with van der Waals surface area (Å²) < 4.78 is 3.20. The molecule has 1 aliphatic heterocycles. The molecule has 0 radical (unpaired) electrons. The number of halogens is 1. The van der Waals surface area contributed by atoms with E-state index in [2.05, 4.69) is 52.6 Å². The Bertz CT molecular complexity index is 556. The third-order valence-corrected chi connectivity index (χ3v) is 4.59. The van der Waals surface area contributed by atoms with Crippen molar-refractivity contribution in [3.05, 3.63) is 40.5 Å². The predicted octanol–water partition coefficient (Wildman–Crippen LogP) is 3.32. The molecule has 0 bridgehead atoms. The van der Waals surface area contributed by atoms with Gasteiger partial charge in [0.15, 0.2) is 0 Å². The van der Waals surface area contributed by atoms with Crippen LogP contribution < -0.4 is 5.32 Å². The normalized spacial score (nSPS) is 16.7. The summed E-state index contributed by atoms with van der Waals surface area (Å²) in [5, 5.41) is 8.12. The molecule has 1 aromatic heterocycles. The summed E-state index contributed by atoms with van der Waals surface area (Å²) in [5.41, 5.74) is 3.56. The summed E-state index contributed by atoms with van der Waals surface area (Å²) in [4.78, 5) is 0. The number of hydrogen-bond acceptors (Lipinski definition) is 2. The van der Waals surface area contributed by atoms with Crippen LogP contribution in [0.25, 0.3) is 11.3 Å². The molecule has 0 spiro atoms. The molecule has 100 valence electrons. The van der Waals surface area contributed by atoms with Gasteiger partial charge >= 0.3 is 0 Å². The lowest BCUT2D eigenvalue weighted by Gasteiger charge is -2.23. The Balaban J connectivity index is 2.00. The number of aromatic nitrogens is 2. The van der Waals surface area contributed by atoms with Crippen molar-refractivity contribution < 1.29 is 0 Å². The molecule has 19 heavy (non-hydrogen) atoms. The van der Waals surface area contributed by atoms with Crippen LogP contribution in [0.1, 0.15) is 24.5 Å². The minimum absolute atomic E-state index is 0.602. The molecule has 1 N–H and O–H groups in total. The van der Waals surface area contributed by atoms with Crippen LogP contribution in [0.4, 0.5) is 0 Å². The number of nitrogens with one attached hydrogen (secondary N) is 1. The van der Waals surface area contributed by atoms with E-state index in [0.717, 1.165) is 23.3 Å². The summed E-state index contributed by atoms with van der Waals surface area (Å²) >= 11 is 3.77. The van der Waals surface area contributed by atoms with Gasteiger partial charge in [-0.1, -0.05) is 30.3 Å². The Morgan fingerprint density at radius 2 is 1.89 bits per heavy atom. The first-order valence-corrected chi connectivity index (χ1v) is 7.55. The van der Waals surface area contributed by atoms with Crippen molar-refractivity contribution in [3.8, 4) is 11.3 Å². The summed E-state index contributed by atoms with van der Waals surface area (Å²) in [6.07, 6.45) is 2.37.